The molecule has 0 bridgehead atoms. The lowest BCUT2D eigenvalue weighted by molar-refractivity contribution is -0.426. The van der Waals surface area contributed by atoms with E-state index >= 15 is 0 Å². The van der Waals surface area contributed by atoms with E-state index in [-0.39, 0.29) is 18.1 Å². The second-order valence-electron chi connectivity index (χ2n) is 7.16. The lowest BCUT2D eigenvalue weighted by Crippen LogP contribution is -2.21. The highest BCUT2D eigenvalue weighted by molar-refractivity contribution is 4.59. The van der Waals surface area contributed by atoms with E-state index in [9.17, 15) is 0 Å². The standard InChI is InChI=1S/C20H43NO4/c1-3-5-7-9-11-13-15-17-20(25-24-19-21(22)23)18-16-14-12-10-8-6-4-2/h20,22-23H,3-19H2,1-2H3. The van der Waals surface area contributed by atoms with Crippen LogP contribution in [0.5, 0.6) is 0 Å². The van der Waals surface area contributed by atoms with E-state index in [1.54, 1.807) is 0 Å². The minimum atomic E-state index is -0.343. The van der Waals surface area contributed by atoms with Gasteiger partial charge in [-0.15, -0.1) is 0 Å². The Morgan fingerprint density at radius 2 is 1.04 bits per heavy atom. The summed E-state index contributed by atoms with van der Waals surface area (Å²) in [6.45, 7) is 4.14. The van der Waals surface area contributed by atoms with Gasteiger partial charge in [-0.1, -0.05) is 104 Å². The average Bonchev–Trinajstić information content (AvgIpc) is 2.59. The number of hydrogen-bond acceptors (Lipinski definition) is 5. The van der Waals surface area contributed by atoms with Crippen LogP contribution in [-0.2, 0) is 9.78 Å². The Hall–Kier alpha value is -0.200. The summed E-state index contributed by atoms with van der Waals surface area (Å²) in [4.78, 5) is 10.3. The van der Waals surface area contributed by atoms with Gasteiger partial charge in [0.1, 0.15) is 0 Å². The number of rotatable bonds is 20. The zero-order chi connectivity index (χ0) is 18.6. The normalized spacial score (nSPS) is 11.8. The van der Waals surface area contributed by atoms with Gasteiger partial charge in [-0.05, 0) is 18.1 Å². The van der Waals surface area contributed by atoms with Crippen molar-refractivity contribution in [2.75, 3.05) is 6.73 Å². The van der Waals surface area contributed by atoms with Crippen LogP contribution in [0.4, 0.5) is 0 Å². The van der Waals surface area contributed by atoms with Crippen molar-refractivity contribution < 1.29 is 20.2 Å². The third-order valence-electron chi connectivity index (χ3n) is 4.63. The monoisotopic (exact) mass is 361 g/mol. The first-order valence-corrected chi connectivity index (χ1v) is 10.6. The SMILES string of the molecule is CCCCCCCCCC(CCCCCCCCC)OOCN(O)O. The van der Waals surface area contributed by atoms with Crippen LogP contribution in [-0.4, -0.2) is 28.5 Å². The van der Waals surface area contributed by atoms with Crippen molar-refractivity contribution in [2.24, 2.45) is 0 Å². The molecule has 0 fully saturated rings. The van der Waals surface area contributed by atoms with Crippen molar-refractivity contribution in [3.8, 4) is 0 Å². The quantitative estimate of drug-likeness (QED) is 0.110. The molecule has 5 heteroatoms. The molecule has 5 nitrogen and oxygen atoms in total. The molecule has 0 aromatic rings. The molecular weight excluding hydrogens is 318 g/mol. The molecule has 0 aliphatic rings. The maximum atomic E-state index is 8.68. The third kappa shape index (κ3) is 20.0. The van der Waals surface area contributed by atoms with Gasteiger partial charge in [0.15, 0.2) is 6.73 Å². The molecule has 0 atom stereocenters. The lowest BCUT2D eigenvalue weighted by Gasteiger charge is -2.17. The highest BCUT2D eigenvalue weighted by Crippen LogP contribution is 2.17. The predicted molar refractivity (Wildman–Crippen MR) is 101 cm³/mol. The number of unbranched alkanes of at least 4 members (excludes halogenated alkanes) is 12. The summed E-state index contributed by atoms with van der Waals surface area (Å²) in [7, 11) is 0. The molecule has 0 aromatic heterocycles. The molecule has 0 heterocycles. The molecule has 0 saturated heterocycles. The molecule has 0 unspecified atom stereocenters. The Kier molecular flexibility index (Phi) is 20.0. The first-order chi connectivity index (χ1) is 12.2. The summed E-state index contributed by atoms with van der Waals surface area (Å²) >= 11 is 0. The summed E-state index contributed by atoms with van der Waals surface area (Å²) in [5.74, 6) is 0. The number of hydrogen-bond donors (Lipinski definition) is 2. The fourth-order valence-corrected chi connectivity index (χ4v) is 3.07. The molecule has 25 heavy (non-hydrogen) atoms. The van der Waals surface area contributed by atoms with Crippen LogP contribution < -0.4 is 0 Å². The third-order valence-corrected chi connectivity index (χ3v) is 4.63. The molecule has 0 aromatic carbocycles. The lowest BCUT2D eigenvalue weighted by atomic mass is 10.0. The van der Waals surface area contributed by atoms with Gasteiger partial charge >= 0.3 is 0 Å². The Balaban J connectivity index is 3.74. The Morgan fingerprint density at radius 3 is 1.44 bits per heavy atom. The van der Waals surface area contributed by atoms with Gasteiger partial charge in [-0.3, -0.25) is 10.4 Å². The molecule has 2 N–H and O–H groups in total. The van der Waals surface area contributed by atoms with E-state index in [1.165, 1.54) is 77.0 Å². The van der Waals surface area contributed by atoms with E-state index in [0.29, 0.717) is 0 Å². The van der Waals surface area contributed by atoms with E-state index in [1.807, 2.05) is 0 Å². The second-order valence-corrected chi connectivity index (χ2v) is 7.16. The van der Waals surface area contributed by atoms with Crippen molar-refractivity contribution in [3.05, 3.63) is 0 Å². The average molecular weight is 362 g/mol. The summed E-state index contributed by atoms with van der Waals surface area (Å²) in [5.41, 5.74) is 0. The van der Waals surface area contributed by atoms with Gasteiger partial charge in [-0.25, -0.2) is 9.78 Å². The van der Waals surface area contributed by atoms with Crippen molar-refractivity contribution in [1.82, 2.24) is 5.23 Å². The van der Waals surface area contributed by atoms with Gasteiger partial charge in [0.05, 0.1) is 6.10 Å². The number of nitrogens with zero attached hydrogens (tertiary/aromatic N) is 1. The van der Waals surface area contributed by atoms with Gasteiger partial charge in [0.25, 0.3) is 0 Å². The highest BCUT2D eigenvalue weighted by Gasteiger charge is 2.11. The minimum absolute atomic E-state index is 0.00147. The zero-order valence-electron chi connectivity index (χ0n) is 16.8. The molecule has 0 saturated carbocycles. The van der Waals surface area contributed by atoms with Crippen molar-refractivity contribution in [1.29, 1.82) is 0 Å². The van der Waals surface area contributed by atoms with E-state index < -0.39 is 0 Å². The molecule has 0 radical (unpaired) electrons. The fourth-order valence-electron chi connectivity index (χ4n) is 3.07. The van der Waals surface area contributed by atoms with Crippen LogP contribution in [0.15, 0.2) is 0 Å². The highest BCUT2D eigenvalue weighted by atomic mass is 17.2. The molecule has 0 aliphatic carbocycles. The van der Waals surface area contributed by atoms with Crippen molar-refractivity contribution in [3.63, 3.8) is 0 Å². The molecule has 152 valence electrons. The molecular formula is C20H43NO4. The first kappa shape index (κ1) is 24.8. The second kappa shape index (κ2) is 20.1. The Morgan fingerprint density at radius 1 is 0.640 bits per heavy atom. The molecule has 0 spiro atoms. The summed E-state index contributed by atoms with van der Waals surface area (Å²) in [6, 6.07) is 0. The molecule has 0 amide bonds. The van der Waals surface area contributed by atoms with Gasteiger partial charge in [0.2, 0.25) is 0 Å². The Labute approximate surface area is 155 Å². The maximum absolute atomic E-state index is 8.68. The molecule has 0 aliphatic heterocycles. The number of hydroxylamine groups is 2. The smallest absolute Gasteiger partial charge is 0.184 e. The largest absolute Gasteiger partial charge is 0.288 e. The van der Waals surface area contributed by atoms with Crippen molar-refractivity contribution >= 4 is 0 Å². The van der Waals surface area contributed by atoms with Gasteiger partial charge < -0.3 is 0 Å². The first-order valence-electron chi connectivity index (χ1n) is 10.6. The van der Waals surface area contributed by atoms with Crippen LogP contribution in [0.1, 0.15) is 117 Å². The summed E-state index contributed by atoms with van der Waals surface area (Å²) < 4.78 is 0. The van der Waals surface area contributed by atoms with E-state index in [0.717, 1.165) is 25.7 Å². The predicted octanol–water partition coefficient (Wildman–Crippen LogP) is 6.62. The van der Waals surface area contributed by atoms with E-state index in [2.05, 4.69) is 13.8 Å². The minimum Gasteiger partial charge on any atom is -0.288 e. The maximum Gasteiger partial charge on any atom is 0.184 e. The van der Waals surface area contributed by atoms with E-state index in [4.69, 9.17) is 20.2 Å². The van der Waals surface area contributed by atoms with Crippen LogP contribution >= 0.6 is 0 Å². The fraction of sp³-hybridized carbons (Fsp3) is 1.00. The molecule has 0 rings (SSSR count). The summed E-state index contributed by atoms with van der Waals surface area (Å²) in [6.07, 6.45) is 20.0. The van der Waals surface area contributed by atoms with Gasteiger partial charge in [0, 0.05) is 0 Å². The topological polar surface area (TPSA) is 62.2 Å². The van der Waals surface area contributed by atoms with Gasteiger partial charge in [-0.2, -0.15) is 0 Å². The van der Waals surface area contributed by atoms with Crippen LogP contribution in [0.3, 0.4) is 0 Å². The summed E-state index contributed by atoms with van der Waals surface area (Å²) in [5, 5.41) is 17.4. The van der Waals surface area contributed by atoms with Crippen LogP contribution in [0.2, 0.25) is 0 Å². The van der Waals surface area contributed by atoms with Crippen LogP contribution in [0, 0.1) is 0 Å². The zero-order valence-corrected chi connectivity index (χ0v) is 16.8. The van der Waals surface area contributed by atoms with Crippen molar-refractivity contribution in [2.45, 2.75) is 123 Å². The van der Waals surface area contributed by atoms with Crippen LogP contribution in [0.25, 0.3) is 0 Å². The Bertz CT molecular complexity index is 234.